The first kappa shape index (κ1) is 13.4. The minimum absolute atomic E-state index is 0.983. The molecule has 2 heteroatoms. The summed E-state index contributed by atoms with van der Waals surface area (Å²) in [5, 5.41) is 3.24. The second-order valence-corrected chi connectivity index (χ2v) is 6.35. The van der Waals surface area contributed by atoms with Crippen molar-refractivity contribution >= 4 is 0 Å². The van der Waals surface area contributed by atoms with E-state index in [4.69, 9.17) is 0 Å². The minimum Gasteiger partial charge on any atom is -0.318 e. The first-order valence-electron chi connectivity index (χ1n) is 7.62. The fourth-order valence-electron chi connectivity index (χ4n) is 3.97. The maximum atomic E-state index is 3.24. The van der Waals surface area contributed by atoms with Gasteiger partial charge in [-0.1, -0.05) is 25.7 Å². The van der Waals surface area contributed by atoms with Gasteiger partial charge in [-0.05, 0) is 51.1 Å². The highest BCUT2D eigenvalue weighted by Gasteiger charge is 2.32. The van der Waals surface area contributed by atoms with Crippen molar-refractivity contribution in [1.29, 1.82) is 0 Å². The van der Waals surface area contributed by atoms with Crippen molar-refractivity contribution in [2.24, 2.45) is 17.8 Å². The zero-order valence-electron chi connectivity index (χ0n) is 11.8. The molecule has 3 atom stereocenters. The van der Waals surface area contributed by atoms with Crippen LogP contribution >= 0.6 is 0 Å². The quantitative estimate of drug-likeness (QED) is 0.792. The molecule has 17 heavy (non-hydrogen) atoms. The van der Waals surface area contributed by atoms with E-state index in [1.54, 1.807) is 0 Å². The summed E-state index contributed by atoms with van der Waals surface area (Å²) >= 11 is 0. The van der Waals surface area contributed by atoms with Crippen molar-refractivity contribution in [3.63, 3.8) is 0 Å². The van der Waals surface area contributed by atoms with Crippen LogP contribution in [0.5, 0.6) is 0 Å². The van der Waals surface area contributed by atoms with Crippen LogP contribution in [0.4, 0.5) is 0 Å². The lowest BCUT2D eigenvalue weighted by Crippen LogP contribution is -2.36. The molecule has 1 N–H and O–H groups in total. The Labute approximate surface area is 107 Å². The molecular formula is C15H30N2. The second-order valence-electron chi connectivity index (χ2n) is 6.35. The third kappa shape index (κ3) is 3.96. The standard InChI is InChI=1S/C15H30N2/c1-16-9-10-17(2)12-13-7-8-14-5-3-4-6-15(14)11-13/h13-16H,3-12H2,1-2H3. The van der Waals surface area contributed by atoms with Gasteiger partial charge in [-0.2, -0.15) is 0 Å². The fraction of sp³-hybridized carbons (Fsp3) is 1.00. The molecule has 0 radical (unpaired) electrons. The van der Waals surface area contributed by atoms with E-state index in [-0.39, 0.29) is 0 Å². The van der Waals surface area contributed by atoms with E-state index in [0.29, 0.717) is 0 Å². The van der Waals surface area contributed by atoms with Gasteiger partial charge in [0.2, 0.25) is 0 Å². The highest BCUT2D eigenvalue weighted by atomic mass is 15.1. The van der Waals surface area contributed by atoms with E-state index in [2.05, 4.69) is 17.3 Å². The van der Waals surface area contributed by atoms with E-state index in [1.807, 2.05) is 7.05 Å². The highest BCUT2D eigenvalue weighted by Crippen LogP contribution is 2.42. The molecule has 0 heterocycles. The molecule has 100 valence electrons. The Bertz CT molecular complexity index is 217. The summed E-state index contributed by atoms with van der Waals surface area (Å²) in [6.45, 7) is 3.64. The van der Waals surface area contributed by atoms with Crippen molar-refractivity contribution in [1.82, 2.24) is 10.2 Å². The smallest absolute Gasteiger partial charge is 0.0104 e. The molecule has 2 nitrogen and oxygen atoms in total. The average Bonchev–Trinajstić information content (AvgIpc) is 2.36. The van der Waals surface area contributed by atoms with Crippen LogP contribution in [0.1, 0.15) is 44.9 Å². The summed E-state index contributed by atoms with van der Waals surface area (Å²) in [6.07, 6.45) is 10.6. The number of hydrogen-bond acceptors (Lipinski definition) is 2. The molecule has 2 fully saturated rings. The summed E-state index contributed by atoms with van der Waals surface area (Å²) in [6, 6.07) is 0. The molecule has 0 saturated heterocycles. The number of nitrogens with one attached hydrogen (secondary N) is 1. The van der Waals surface area contributed by atoms with Gasteiger partial charge in [0, 0.05) is 19.6 Å². The Hall–Kier alpha value is -0.0800. The summed E-state index contributed by atoms with van der Waals surface area (Å²) < 4.78 is 0. The third-order valence-corrected chi connectivity index (χ3v) is 4.96. The zero-order chi connectivity index (χ0) is 12.1. The summed E-state index contributed by atoms with van der Waals surface area (Å²) in [5.74, 6) is 3.17. The molecule has 0 aromatic rings. The SMILES string of the molecule is CNCCN(C)CC1CCC2CCCCC2C1. The molecule has 0 amide bonds. The van der Waals surface area contributed by atoms with E-state index in [9.17, 15) is 0 Å². The lowest BCUT2D eigenvalue weighted by molar-refractivity contribution is 0.110. The van der Waals surface area contributed by atoms with Crippen LogP contribution in [0, 0.1) is 17.8 Å². The number of likely N-dealkylation sites (N-methyl/N-ethyl adjacent to an activating group) is 2. The van der Waals surface area contributed by atoms with Gasteiger partial charge in [-0.25, -0.2) is 0 Å². The summed E-state index contributed by atoms with van der Waals surface area (Å²) in [4.78, 5) is 2.52. The van der Waals surface area contributed by atoms with Gasteiger partial charge in [0.25, 0.3) is 0 Å². The first-order chi connectivity index (χ1) is 8.29. The van der Waals surface area contributed by atoms with Gasteiger partial charge >= 0.3 is 0 Å². The van der Waals surface area contributed by atoms with Crippen molar-refractivity contribution < 1.29 is 0 Å². The summed E-state index contributed by atoms with van der Waals surface area (Å²) in [5.41, 5.74) is 0. The highest BCUT2D eigenvalue weighted by molar-refractivity contribution is 4.84. The molecule has 0 aliphatic heterocycles. The van der Waals surface area contributed by atoms with Crippen molar-refractivity contribution in [3.05, 3.63) is 0 Å². The predicted octanol–water partition coefficient (Wildman–Crippen LogP) is 2.74. The third-order valence-electron chi connectivity index (χ3n) is 4.96. The molecular weight excluding hydrogens is 208 g/mol. The maximum absolute atomic E-state index is 3.24. The number of nitrogens with zero attached hydrogens (tertiary/aromatic N) is 1. The van der Waals surface area contributed by atoms with E-state index in [1.165, 1.54) is 58.0 Å². The fourth-order valence-corrected chi connectivity index (χ4v) is 3.97. The average molecular weight is 238 g/mol. The Morgan fingerprint density at radius 2 is 1.82 bits per heavy atom. The van der Waals surface area contributed by atoms with Crippen LogP contribution in [0.15, 0.2) is 0 Å². The zero-order valence-corrected chi connectivity index (χ0v) is 11.8. The van der Waals surface area contributed by atoms with Crippen LogP contribution in [0.25, 0.3) is 0 Å². The maximum Gasteiger partial charge on any atom is 0.0104 e. The van der Waals surface area contributed by atoms with Gasteiger partial charge in [0.05, 0.1) is 0 Å². The van der Waals surface area contributed by atoms with E-state index < -0.39 is 0 Å². The predicted molar refractivity (Wildman–Crippen MR) is 74.2 cm³/mol. The molecule has 2 saturated carbocycles. The Balaban J connectivity index is 1.71. The van der Waals surface area contributed by atoms with Gasteiger partial charge in [0.1, 0.15) is 0 Å². The topological polar surface area (TPSA) is 15.3 Å². The molecule has 2 rings (SSSR count). The minimum atomic E-state index is 0.983. The lowest BCUT2D eigenvalue weighted by atomic mass is 9.67. The number of fused-ring (bicyclic) bond motifs is 1. The van der Waals surface area contributed by atoms with E-state index in [0.717, 1.165) is 24.3 Å². The number of hydrogen-bond donors (Lipinski definition) is 1. The largest absolute Gasteiger partial charge is 0.318 e. The first-order valence-corrected chi connectivity index (χ1v) is 7.62. The molecule has 2 aliphatic carbocycles. The van der Waals surface area contributed by atoms with Gasteiger partial charge in [0.15, 0.2) is 0 Å². The van der Waals surface area contributed by atoms with Crippen molar-refractivity contribution in [2.75, 3.05) is 33.7 Å². The monoisotopic (exact) mass is 238 g/mol. The molecule has 0 spiro atoms. The molecule has 2 aliphatic rings. The Morgan fingerprint density at radius 3 is 2.59 bits per heavy atom. The Morgan fingerprint density at radius 1 is 1.06 bits per heavy atom. The second kappa shape index (κ2) is 6.75. The molecule has 0 aromatic carbocycles. The Kier molecular flexibility index (Phi) is 5.30. The van der Waals surface area contributed by atoms with Crippen LogP contribution in [0.3, 0.4) is 0 Å². The lowest BCUT2D eigenvalue weighted by Gasteiger charge is -2.40. The number of rotatable bonds is 5. The molecule has 0 bridgehead atoms. The van der Waals surface area contributed by atoms with Gasteiger partial charge < -0.3 is 10.2 Å². The van der Waals surface area contributed by atoms with Crippen LogP contribution in [-0.2, 0) is 0 Å². The van der Waals surface area contributed by atoms with E-state index >= 15 is 0 Å². The van der Waals surface area contributed by atoms with Crippen LogP contribution < -0.4 is 5.32 Å². The van der Waals surface area contributed by atoms with Crippen LogP contribution in [0.2, 0.25) is 0 Å². The van der Waals surface area contributed by atoms with Gasteiger partial charge in [-0.3, -0.25) is 0 Å². The normalized spacial score (nSPS) is 33.7. The summed E-state index contributed by atoms with van der Waals surface area (Å²) in [7, 11) is 4.32. The molecule has 3 unspecified atom stereocenters. The molecule has 0 aromatic heterocycles. The van der Waals surface area contributed by atoms with Crippen LogP contribution in [-0.4, -0.2) is 38.6 Å². The van der Waals surface area contributed by atoms with Crippen molar-refractivity contribution in [3.8, 4) is 0 Å². The van der Waals surface area contributed by atoms with Gasteiger partial charge in [-0.15, -0.1) is 0 Å². The van der Waals surface area contributed by atoms with Crippen molar-refractivity contribution in [2.45, 2.75) is 44.9 Å².